The van der Waals surface area contributed by atoms with Gasteiger partial charge in [0.2, 0.25) is 47.3 Å². The smallest absolute Gasteiger partial charge is 0.321 e. The maximum Gasteiger partial charge on any atom is 0.321 e. The first kappa shape index (κ1) is 56.7. The molecule has 0 unspecified atom stereocenters. The van der Waals surface area contributed by atoms with E-state index in [4.69, 9.17) is 21.9 Å². The molecule has 1 aromatic rings. The lowest BCUT2D eigenvalue weighted by Crippen LogP contribution is -2.63. The molecule has 0 spiro atoms. The number of carbonyl (C=O) groups excluding carboxylic acids is 10. The third-order valence-electron chi connectivity index (χ3n) is 11.4. The van der Waals surface area contributed by atoms with Crippen molar-refractivity contribution in [1.82, 2.24) is 41.7 Å². The van der Waals surface area contributed by atoms with Crippen LogP contribution in [-0.2, 0) is 49.6 Å². The van der Waals surface area contributed by atoms with Crippen molar-refractivity contribution in [1.29, 1.82) is 0 Å². The second kappa shape index (κ2) is 28.0. The van der Waals surface area contributed by atoms with E-state index in [2.05, 4.69) is 31.9 Å². The molecule has 0 aromatic heterocycles. The minimum atomic E-state index is -1.74. The number of imide groups is 1. The van der Waals surface area contributed by atoms with Gasteiger partial charge in [0.25, 0.3) is 5.91 Å². The van der Waals surface area contributed by atoms with Crippen molar-refractivity contribution in [3.05, 3.63) is 29.8 Å². The molecule has 68 heavy (non-hydrogen) atoms. The van der Waals surface area contributed by atoms with Crippen LogP contribution < -0.4 is 53.8 Å². The van der Waals surface area contributed by atoms with Crippen LogP contribution >= 0.6 is 21.6 Å². The Hall–Kier alpha value is -5.66. The molecule has 2 aliphatic rings. The molecule has 2 saturated heterocycles. The maximum absolute atomic E-state index is 14.4. The van der Waals surface area contributed by atoms with Gasteiger partial charge in [0.15, 0.2) is 0 Å². The van der Waals surface area contributed by atoms with Gasteiger partial charge < -0.3 is 63.8 Å². The fourth-order valence-corrected chi connectivity index (χ4v) is 9.47. The number of urea groups is 1. The summed E-state index contributed by atoms with van der Waals surface area (Å²) >= 11 is 0. The van der Waals surface area contributed by atoms with E-state index in [1.807, 2.05) is 6.92 Å². The first-order valence-corrected chi connectivity index (χ1v) is 25.0. The summed E-state index contributed by atoms with van der Waals surface area (Å²) in [4.78, 5) is 137. The molecular weight excluding hydrogens is 927 g/mol. The van der Waals surface area contributed by atoms with Crippen molar-refractivity contribution in [2.75, 3.05) is 38.2 Å². The number of aliphatic hydroxyl groups excluding tert-OH is 1. The topological polar surface area (TPSA) is 357 Å². The van der Waals surface area contributed by atoms with Crippen molar-refractivity contribution >= 4 is 80.8 Å². The maximum atomic E-state index is 14.4. The summed E-state index contributed by atoms with van der Waals surface area (Å²) in [5, 5.41) is 26.3. The van der Waals surface area contributed by atoms with Crippen molar-refractivity contribution in [2.45, 2.75) is 127 Å². The monoisotopic (exact) mass is 993 g/mol. The lowest BCUT2D eigenvalue weighted by Gasteiger charge is -2.31. The zero-order valence-electron chi connectivity index (χ0n) is 39.1. The predicted molar refractivity (Wildman–Crippen MR) is 253 cm³/mol. The number of nitrogens with one attached hydrogen (secondary N) is 6. The Balaban J connectivity index is 2.00. The quantitative estimate of drug-likeness (QED) is 0.0793. The number of hydrogen-bond acceptors (Lipinski definition) is 15. The van der Waals surface area contributed by atoms with Crippen LogP contribution in [0.3, 0.4) is 0 Å². The van der Waals surface area contributed by atoms with E-state index in [0.717, 1.165) is 28.6 Å². The number of aliphatic hydroxyl groups is 1. The van der Waals surface area contributed by atoms with E-state index >= 15 is 0 Å². The number of carbonyl (C=O) groups is 10. The summed E-state index contributed by atoms with van der Waals surface area (Å²) in [5.41, 5.74) is 17.1. The van der Waals surface area contributed by atoms with Gasteiger partial charge in [0.05, 0.1) is 19.1 Å². The number of rotatable bonds is 16. The van der Waals surface area contributed by atoms with Crippen LogP contribution in [0, 0.1) is 5.92 Å². The molecular formula is C43H67N11O12S2. The molecule has 3 rings (SSSR count). The zero-order valence-corrected chi connectivity index (χ0v) is 40.7. The van der Waals surface area contributed by atoms with Crippen LogP contribution in [0.1, 0.15) is 78.2 Å². The number of nitrogens with two attached hydrogens (primary N) is 3. The number of ether oxygens (including phenoxy) is 1. The van der Waals surface area contributed by atoms with Crippen LogP contribution in [0.25, 0.3) is 0 Å². The van der Waals surface area contributed by atoms with Gasteiger partial charge in [-0.25, -0.2) is 4.79 Å². The van der Waals surface area contributed by atoms with Crippen LogP contribution in [0.4, 0.5) is 4.79 Å². The highest BCUT2D eigenvalue weighted by Gasteiger charge is 2.41. The van der Waals surface area contributed by atoms with Crippen molar-refractivity contribution < 1.29 is 57.8 Å². The Morgan fingerprint density at radius 1 is 0.897 bits per heavy atom. The third-order valence-corrected chi connectivity index (χ3v) is 13.8. The molecule has 378 valence electrons. The fourth-order valence-electron chi connectivity index (χ4n) is 7.33. The van der Waals surface area contributed by atoms with E-state index in [1.54, 1.807) is 38.1 Å². The summed E-state index contributed by atoms with van der Waals surface area (Å²) in [7, 11) is 3.41. The van der Waals surface area contributed by atoms with Crippen molar-refractivity contribution in [3.63, 3.8) is 0 Å². The molecule has 9 atom stereocenters. The second-order valence-electron chi connectivity index (χ2n) is 16.6. The molecule has 1 aromatic carbocycles. The number of hydrogen-bond donors (Lipinski definition) is 10. The largest absolute Gasteiger partial charge is 0.494 e. The zero-order chi connectivity index (χ0) is 50.7. The normalized spacial score (nSPS) is 23.8. The van der Waals surface area contributed by atoms with Crippen LogP contribution in [0.5, 0.6) is 5.75 Å². The van der Waals surface area contributed by atoms with Gasteiger partial charge in [-0.1, -0.05) is 54.0 Å². The fraction of sp³-hybridized carbons (Fsp3) is 0.628. The molecule has 25 heteroatoms. The first-order valence-electron chi connectivity index (χ1n) is 22.5. The summed E-state index contributed by atoms with van der Waals surface area (Å²) in [6, 6.07) is -3.80. The highest BCUT2D eigenvalue weighted by atomic mass is 33.1. The number of likely N-dealkylation sites (tertiary alicyclic amines) is 1. The highest BCUT2D eigenvalue weighted by Crippen LogP contribution is 2.26. The second-order valence-corrected chi connectivity index (χ2v) is 19.2. The molecule has 13 N–H and O–H groups in total. The minimum Gasteiger partial charge on any atom is -0.494 e. The van der Waals surface area contributed by atoms with E-state index in [9.17, 15) is 53.1 Å². The molecule has 2 heterocycles. The van der Waals surface area contributed by atoms with E-state index in [-0.39, 0.29) is 50.3 Å². The Bertz CT molecular complexity index is 1960. The Morgan fingerprint density at radius 2 is 1.54 bits per heavy atom. The van der Waals surface area contributed by atoms with Crippen molar-refractivity contribution in [2.24, 2.45) is 23.1 Å². The van der Waals surface area contributed by atoms with Gasteiger partial charge in [-0.15, -0.1) is 0 Å². The first-order chi connectivity index (χ1) is 32.2. The summed E-state index contributed by atoms with van der Waals surface area (Å²) in [6.07, 6.45) is -1.18. The molecule has 2 aliphatic heterocycles. The SMILES string of the molecule is CCOc1ccc(C[C@H]2NC(=O)CCSSC[C@H](C(=O)N3CCC[C@H]3C(=O)N[C@@H](CCCN)C(=O)N(C)C(N)=O)NC(=O)[C@H](CC(N)=O)NC(=O)[C@@H]([C@H](C)O)NC(=O)[C@H]([C@@H](C)CC)NC2=O)cc1. The van der Waals surface area contributed by atoms with Crippen LogP contribution in [0.15, 0.2) is 24.3 Å². The molecule has 0 saturated carbocycles. The molecule has 0 aliphatic carbocycles. The molecule has 2 fully saturated rings. The minimum absolute atomic E-state index is 0.0226. The Labute approximate surface area is 403 Å². The predicted octanol–water partition coefficient (Wildman–Crippen LogP) is -2.11. The summed E-state index contributed by atoms with van der Waals surface area (Å²) in [6.45, 7) is 7.15. The molecule has 11 amide bonds. The van der Waals surface area contributed by atoms with Gasteiger partial charge in [-0.05, 0) is 69.7 Å². The Morgan fingerprint density at radius 3 is 2.15 bits per heavy atom. The number of primary amides is 2. The molecule has 23 nitrogen and oxygen atoms in total. The third kappa shape index (κ3) is 17.1. The number of likely N-dealkylation sites (N-methyl/N-ethyl adjacent to an activating group) is 1. The average Bonchev–Trinajstić information content (AvgIpc) is 3.79. The summed E-state index contributed by atoms with van der Waals surface area (Å²) in [5.74, 6) is -7.44. The van der Waals surface area contributed by atoms with Crippen molar-refractivity contribution in [3.8, 4) is 5.75 Å². The lowest BCUT2D eigenvalue weighted by atomic mass is 9.96. The number of nitrogens with zero attached hydrogens (tertiary/aromatic N) is 2. The van der Waals surface area contributed by atoms with E-state index in [1.165, 1.54) is 11.8 Å². The average molecular weight is 994 g/mol. The van der Waals surface area contributed by atoms with Gasteiger partial charge in [-0.2, -0.15) is 0 Å². The van der Waals surface area contributed by atoms with Crippen LogP contribution in [-0.4, -0.2) is 161 Å². The van der Waals surface area contributed by atoms with E-state index in [0.29, 0.717) is 42.1 Å². The van der Waals surface area contributed by atoms with Gasteiger partial charge in [0.1, 0.15) is 48.0 Å². The lowest BCUT2D eigenvalue weighted by molar-refractivity contribution is -0.142. The van der Waals surface area contributed by atoms with E-state index < -0.39 is 120 Å². The number of amides is 11. The highest BCUT2D eigenvalue weighted by molar-refractivity contribution is 8.76. The molecule has 0 bridgehead atoms. The summed E-state index contributed by atoms with van der Waals surface area (Å²) < 4.78 is 5.53. The standard InChI is InChI=1S/C43H67N11O12S2/c1-6-23(3)34-39(61)52-35(24(4)55)40(62)49-29(21-32(45)56)36(58)50-30(42(64)54-18-9-11-31(54)38(60)48-27(10-8-17-44)41(63)53(5)43(46)65)22-68-67-19-16-33(57)47-28(37(59)51-34)20-25-12-14-26(15-13-25)66-7-2/h12-15,23-24,27-31,34-35,55H,6-11,16-22,44H2,1-5H3,(H2,45,56)(H2,46,65)(H,47,57)(H,48,60)(H,49,62)(H,50,58)(H,51,59)(H,52,61)/t23-,24-,27-,28+,29-,30+,31-,34-,35+/m0/s1. The number of benzene rings is 1. The Kier molecular flexibility index (Phi) is 23.3. The van der Waals surface area contributed by atoms with Gasteiger partial charge in [-0.3, -0.25) is 48.1 Å². The molecule has 0 radical (unpaired) electrons. The van der Waals surface area contributed by atoms with Gasteiger partial charge >= 0.3 is 6.03 Å². The van der Waals surface area contributed by atoms with Crippen LogP contribution in [0.2, 0.25) is 0 Å². The van der Waals surface area contributed by atoms with Gasteiger partial charge in [0, 0.05) is 37.9 Å².